The molecule has 1 aromatic heterocycles. The minimum atomic E-state index is -4.56. The van der Waals surface area contributed by atoms with Crippen molar-refractivity contribution in [2.24, 2.45) is 11.7 Å². The minimum Gasteiger partial charge on any atom is -0.507 e. The molecule has 1 fully saturated rings. The fourth-order valence-corrected chi connectivity index (χ4v) is 4.36. The molecule has 1 aromatic carbocycles. The summed E-state index contributed by atoms with van der Waals surface area (Å²) in [6.07, 6.45) is -2.72. The van der Waals surface area contributed by atoms with Gasteiger partial charge in [0.1, 0.15) is 11.4 Å². The summed E-state index contributed by atoms with van der Waals surface area (Å²) in [7, 11) is 0. The fraction of sp³-hybridized carbons (Fsp3) is 0.542. The van der Waals surface area contributed by atoms with Gasteiger partial charge in [-0.15, -0.1) is 10.2 Å². The Morgan fingerprint density at radius 1 is 1.37 bits per heavy atom. The highest BCUT2D eigenvalue weighted by Gasteiger charge is 2.32. The second-order valence-corrected chi connectivity index (χ2v) is 8.83. The standard InChI is InChI=1S/C24H32F3N5O3/c1-4-35-23(34)14(2)12-32-9-5-6-17(13-32)29-22-19(11-28)15(3)21(30-31-22)18-8-7-16(10-20(18)33)24(25,26)27/h7-8,10,14,17,33H,4-6,9,11-13,28H2,1-3H3,(H,29,31)/t14?,17-/m1/s1. The summed E-state index contributed by atoms with van der Waals surface area (Å²) in [4.78, 5) is 14.2. The number of benzene rings is 1. The van der Waals surface area contributed by atoms with Gasteiger partial charge in [-0.1, -0.05) is 6.92 Å². The molecule has 0 saturated carbocycles. The van der Waals surface area contributed by atoms with Crippen LogP contribution in [0.1, 0.15) is 43.4 Å². The summed E-state index contributed by atoms with van der Waals surface area (Å²) in [5, 5.41) is 22.1. The van der Waals surface area contributed by atoms with Crippen LogP contribution in [0.2, 0.25) is 0 Å². The Bertz CT molecular complexity index is 1050. The van der Waals surface area contributed by atoms with Gasteiger partial charge in [-0.3, -0.25) is 4.79 Å². The zero-order valence-electron chi connectivity index (χ0n) is 20.2. The molecular formula is C24H32F3N5O3. The highest BCUT2D eigenvalue weighted by atomic mass is 19.4. The van der Waals surface area contributed by atoms with Crippen molar-refractivity contribution in [3.63, 3.8) is 0 Å². The number of rotatable bonds is 8. The van der Waals surface area contributed by atoms with E-state index in [-0.39, 0.29) is 35.7 Å². The van der Waals surface area contributed by atoms with Crippen molar-refractivity contribution in [2.45, 2.75) is 52.4 Å². The molecule has 3 rings (SSSR count). The van der Waals surface area contributed by atoms with E-state index in [2.05, 4.69) is 20.4 Å². The summed E-state index contributed by atoms with van der Waals surface area (Å²) in [5.74, 6) is -0.465. The third-order valence-electron chi connectivity index (χ3n) is 6.20. The van der Waals surface area contributed by atoms with Crippen LogP contribution in [0.15, 0.2) is 18.2 Å². The van der Waals surface area contributed by atoms with Crippen molar-refractivity contribution in [2.75, 3.05) is 31.6 Å². The molecule has 1 unspecified atom stereocenters. The predicted molar refractivity (Wildman–Crippen MR) is 126 cm³/mol. The highest BCUT2D eigenvalue weighted by Crippen LogP contribution is 2.37. The third kappa shape index (κ3) is 6.40. The molecular weight excluding hydrogens is 463 g/mol. The molecule has 0 aliphatic carbocycles. The number of phenolic OH excluding ortho intramolecular Hbond substituents is 1. The number of nitrogens with two attached hydrogens (primary N) is 1. The number of carbonyl (C=O) groups is 1. The van der Waals surface area contributed by atoms with Crippen LogP contribution in [-0.2, 0) is 22.3 Å². The summed E-state index contributed by atoms with van der Waals surface area (Å²) in [5.41, 5.74) is 6.78. The number of carbonyl (C=O) groups excluding carboxylic acids is 1. The van der Waals surface area contributed by atoms with E-state index < -0.39 is 17.5 Å². The number of esters is 1. The van der Waals surface area contributed by atoms with E-state index in [4.69, 9.17) is 10.5 Å². The molecule has 0 radical (unpaired) electrons. The van der Waals surface area contributed by atoms with Crippen molar-refractivity contribution < 1.29 is 27.8 Å². The van der Waals surface area contributed by atoms with Gasteiger partial charge in [0.25, 0.3) is 0 Å². The number of nitrogens with one attached hydrogen (secondary N) is 1. The number of hydrogen-bond donors (Lipinski definition) is 3. The van der Waals surface area contributed by atoms with Gasteiger partial charge in [0.05, 0.1) is 18.1 Å². The molecule has 1 aliphatic heterocycles. The smallest absolute Gasteiger partial charge is 0.416 e. The maximum absolute atomic E-state index is 13.0. The van der Waals surface area contributed by atoms with Gasteiger partial charge in [-0.2, -0.15) is 13.2 Å². The van der Waals surface area contributed by atoms with Crippen LogP contribution in [0, 0.1) is 12.8 Å². The number of alkyl halides is 3. The Labute approximate surface area is 202 Å². The first-order valence-corrected chi connectivity index (χ1v) is 11.7. The van der Waals surface area contributed by atoms with Crippen molar-refractivity contribution in [3.05, 3.63) is 34.9 Å². The molecule has 35 heavy (non-hydrogen) atoms. The Kier molecular flexibility index (Phi) is 8.55. The van der Waals surface area contributed by atoms with Crippen LogP contribution >= 0.6 is 0 Å². The summed E-state index contributed by atoms with van der Waals surface area (Å²) in [6, 6.07) is 2.82. The van der Waals surface area contributed by atoms with Crippen LogP contribution in [0.5, 0.6) is 5.75 Å². The summed E-state index contributed by atoms with van der Waals surface area (Å²) in [6.45, 7) is 8.06. The lowest BCUT2D eigenvalue weighted by Gasteiger charge is -2.34. The van der Waals surface area contributed by atoms with E-state index in [9.17, 15) is 23.1 Å². The molecule has 0 amide bonds. The average molecular weight is 496 g/mol. The first-order valence-electron chi connectivity index (χ1n) is 11.7. The molecule has 0 bridgehead atoms. The number of likely N-dealkylation sites (tertiary alicyclic amines) is 1. The zero-order chi connectivity index (χ0) is 25.8. The highest BCUT2D eigenvalue weighted by molar-refractivity contribution is 5.73. The molecule has 2 heterocycles. The monoisotopic (exact) mass is 495 g/mol. The number of piperidine rings is 1. The Morgan fingerprint density at radius 2 is 2.11 bits per heavy atom. The first kappa shape index (κ1) is 26.7. The van der Waals surface area contributed by atoms with Crippen LogP contribution in [-0.4, -0.2) is 58.5 Å². The van der Waals surface area contributed by atoms with Gasteiger partial charge in [-0.05, 0) is 57.0 Å². The molecule has 1 aliphatic rings. The second kappa shape index (κ2) is 11.2. The molecule has 0 spiro atoms. The van der Waals surface area contributed by atoms with Crippen LogP contribution in [0.25, 0.3) is 11.3 Å². The van der Waals surface area contributed by atoms with Gasteiger partial charge in [0, 0.05) is 36.8 Å². The Hall–Kier alpha value is -2.92. The number of anilines is 1. The van der Waals surface area contributed by atoms with Gasteiger partial charge in [-0.25, -0.2) is 0 Å². The molecule has 2 atom stereocenters. The predicted octanol–water partition coefficient (Wildman–Crippen LogP) is 3.71. The molecule has 4 N–H and O–H groups in total. The summed E-state index contributed by atoms with van der Waals surface area (Å²) < 4.78 is 44.0. The SMILES string of the molecule is CCOC(=O)C(C)CN1CCC[C@@H](Nc2nnc(-c3ccc(C(F)(F)F)cc3O)c(C)c2CN)C1. The Balaban J connectivity index is 1.77. The van der Waals surface area contributed by atoms with Gasteiger partial charge in [0.15, 0.2) is 5.82 Å². The molecule has 1 saturated heterocycles. The number of aromatic hydroxyl groups is 1. The fourth-order valence-electron chi connectivity index (χ4n) is 4.36. The number of aromatic nitrogens is 2. The molecule has 192 valence electrons. The maximum atomic E-state index is 13.0. The lowest BCUT2D eigenvalue weighted by atomic mass is 9.99. The minimum absolute atomic E-state index is 0.0578. The van der Waals surface area contributed by atoms with E-state index in [1.54, 1.807) is 13.8 Å². The first-order chi connectivity index (χ1) is 16.5. The lowest BCUT2D eigenvalue weighted by molar-refractivity contribution is -0.148. The van der Waals surface area contributed by atoms with Gasteiger partial charge < -0.3 is 25.8 Å². The number of ether oxygens (including phenoxy) is 1. The van der Waals surface area contributed by atoms with E-state index in [1.165, 1.54) is 6.07 Å². The van der Waals surface area contributed by atoms with Gasteiger partial charge in [0.2, 0.25) is 0 Å². The normalized spacial score (nSPS) is 17.7. The number of phenols is 1. The van der Waals surface area contributed by atoms with E-state index in [1.807, 2.05) is 6.92 Å². The van der Waals surface area contributed by atoms with Crippen molar-refractivity contribution in [3.8, 4) is 17.0 Å². The van der Waals surface area contributed by atoms with Crippen molar-refractivity contribution in [1.82, 2.24) is 15.1 Å². The molecule has 8 nitrogen and oxygen atoms in total. The topological polar surface area (TPSA) is 114 Å². The lowest BCUT2D eigenvalue weighted by Crippen LogP contribution is -2.45. The van der Waals surface area contributed by atoms with E-state index in [0.29, 0.717) is 42.7 Å². The zero-order valence-corrected chi connectivity index (χ0v) is 20.2. The molecule has 11 heteroatoms. The quantitative estimate of drug-likeness (QED) is 0.475. The number of nitrogens with zero attached hydrogens (tertiary/aromatic N) is 3. The van der Waals surface area contributed by atoms with Crippen LogP contribution in [0.4, 0.5) is 19.0 Å². The largest absolute Gasteiger partial charge is 0.507 e. The maximum Gasteiger partial charge on any atom is 0.416 e. The van der Waals surface area contributed by atoms with E-state index in [0.717, 1.165) is 25.5 Å². The van der Waals surface area contributed by atoms with Crippen molar-refractivity contribution in [1.29, 1.82) is 0 Å². The van der Waals surface area contributed by atoms with E-state index >= 15 is 0 Å². The van der Waals surface area contributed by atoms with Gasteiger partial charge >= 0.3 is 12.1 Å². The third-order valence-corrected chi connectivity index (χ3v) is 6.20. The number of hydrogen-bond acceptors (Lipinski definition) is 8. The van der Waals surface area contributed by atoms with Crippen molar-refractivity contribution >= 4 is 11.8 Å². The Morgan fingerprint density at radius 3 is 2.74 bits per heavy atom. The average Bonchev–Trinajstić information content (AvgIpc) is 2.79. The molecule has 2 aromatic rings. The van der Waals surface area contributed by atoms with Crippen LogP contribution in [0.3, 0.4) is 0 Å². The summed E-state index contributed by atoms with van der Waals surface area (Å²) >= 11 is 0. The second-order valence-electron chi connectivity index (χ2n) is 8.83. The number of halogens is 3. The van der Waals surface area contributed by atoms with Crippen LogP contribution < -0.4 is 11.1 Å².